The maximum absolute atomic E-state index is 14.0. The van der Waals surface area contributed by atoms with Gasteiger partial charge in [-0.15, -0.1) is 0 Å². The number of nitrogens with two attached hydrogens (primary N) is 1. The molecule has 5 nitrogen and oxygen atoms in total. The van der Waals surface area contributed by atoms with Gasteiger partial charge in [-0.25, -0.2) is 4.39 Å². The minimum Gasteiger partial charge on any atom is -0.398 e. The number of likely N-dealkylation sites (tertiary alicyclic amines) is 1. The molecule has 1 fully saturated rings. The van der Waals surface area contributed by atoms with Crippen LogP contribution in [0.3, 0.4) is 0 Å². The van der Waals surface area contributed by atoms with Crippen LogP contribution in [-0.2, 0) is 11.3 Å². The number of aliphatic hydroxyl groups excluding tert-OH is 1. The molecule has 0 spiro atoms. The summed E-state index contributed by atoms with van der Waals surface area (Å²) in [6.45, 7) is 2.66. The van der Waals surface area contributed by atoms with Crippen LogP contribution in [0.4, 0.5) is 15.8 Å². The highest BCUT2D eigenvalue weighted by atomic mass is 35.5. The predicted octanol–water partition coefficient (Wildman–Crippen LogP) is 4.36. The van der Waals surface area contributed by atoms with E-state index in [-0.39, 0.29) is 23.5 Å². The lowest BCUT2D eigenvalue weighted by Crippen LogP contribution is -2.41. The molecule has 2 atom stereocenters. The number of halogens is 4. The largest absolute Gasteiger partial charge is 0.398 e. The second-order valence-electron chi connectivity index (χ2n) is 7.09. The fraction of sp³-hybridized carbons (Fsp3) is 0.350. The average molecular weight is 461 g/mol. The smallest absolute Gasteiger partial charge is 0.251 e. The third-order valence-electron chi connectivity index (χ3n) is 5.02. The zero-order valence-electron chi connectivity index (χ0n) is 15.7. The van der Waals surface area contributed by atoms with E-state index in [1.807, 2.05) is 11.0 Å². The van der Waals surface area contributed by atoms with Crippen LogP contribution < -0.4 is 10.6 Å². The first-order valence-corrected chi connectivity index (χ1v) is 10.2. The first-order valence-electron chi connectivity index (χ1n) is 9.09. The number of amides is 1. The Morgan fingerprint density at radius 1 is 1.28 bits per heavy atom. The van der Waals surface area contributed by atoms with Crippen molar-refractivity contribution in [2.24, 2.45) is 0 Å². The second kappa shape index (κ2) is 8.96. The van der Waals surface area contributed by atoms with Crippen LogP contribution in [0.5, 0.6) is 0 Å². The fourth-order valence-electron chi connectivity index (χ4n) is 3.45. The van der Waals surface area contributed by atoms with Gasteiger partial charge in [-0.2, -0.15) is 0 Å². The molecular formula is C20H21Cl3FN3O2. The first-order chi connectivity index (χ1) is 13.7. The van der Waals surface area contributed by atoms with E-state index in [1.54, 1.807) is 17.0 Å². The number of carbonyl (C=O) groups is 1. The molecule has 156 valence electrons. The zero-order chi connectivity index (χ0) is 21.3. The summed E-state index contributed by atoms with van der Waals surface area (Å²) in [6.07, 6.45) is -0.387. The van der Waals surface area contributed by atoms with E-state index in [1.165, 1.54) is 19.1 Å². The summed E-state index contributed by atoms with van der Waals surface area (Å²) < 4.78 is 14.0. The van der Waals surface area contributed by atoms with Crippen LogP contribution >= 0.6 is 34.8 Å². The molecule has 1 aliphatic heterocycles. The minimum atomic E-state index is -1.06. The van der Waals surface area contributed by atoms with Gasteiger partial charge in [-0.1, -0.05) is 34.8 Å². The molecule has 0 saturated carbocycles. The summed E-state index contributed by atoms with van der Waals surface area (Å²) >= 11 is 18.3. The number of hydrogen-bond acceptors (Lipinski definition) is 4. The van der Waals surface area contributed by atoms with Crippen molar-refractivity contribution in [1.82, 2.24) is 4.90 Å². The van der Waals surface area contributed by atoms with Crippen molar-refractivity contribution in [2.45, 2.75) is 32.0 Å². The predicted molar refractivity (Wildman–Crippen MR) is 115 cm³/mol. The molecule has 0 aliphatic carbocycles. The van der Waals surface area contributed by atoms with Crippen LogP contribution in [0.15, 0.2) is 30.3 Å². The monoisotopic (exact) mass is 459 g/mol. The highest BCUT2D eigenvalue weighted by Crippen LogP contribution is 2.33. The van der Waals surface area contributed by atoms with Crippen molar-refractivity contribution < 1.29 is 14.3 Å². The molecule has 0 aromatic heterocycles. The number of aliphatic hydroxyl groups is 1. The highest BCUT2D eigenvalue weighted by Gasteiger charge is 2.32. The fourth-order valence-corrected chi connectivity index (χ4v) is 4.07. The second-order valence-corrected chi connectivity index (χ2v) is 8.32. The van der Waals surface area contributed by atoms with Crippen molar-refractivity contribution in [3.8, 4) is 0 Å². The summed E-state index contributed by atoms with van der Waals surface area (Å²) in [7, 11) is 0. The van der Waals surface area contributed by atoms with Gasteiger partial charge < -0.3 is 20.6 Å². The van der Waals surface area contributed by atoms with Gasteiger partial charge >= 0.3 is 0 Å². The molecule has 0 bridgehead atoms. The topological polar surface area (TPSA) is 69.8 Å². The molecular weight excluding hydrogens is 440 g/mol. The lowest BCUT2D eigenvalue weighted by molar-refractivity contribution is -0.138. The lowest BCUT2D eigenvalue weighted by atomic mass is 10.1. The molecule has 1 amide bonds. The van der Waals surface area contributed by atoms with E-state index in [0.717, 1.165) is 5.69 Å². The number of nitrogen functional groups attached to an aromatic ring is 1. The number of nitrogens with zero attached hydrogens (tertiary/aromatic N) is 2. The van der Waals surface area contributed by atoms with Gasteiger partial charge in [0.2, 0.25) is 0 Å². The van der Waals surface area contributed by atoms with Gasteiger partial charge in [0.05, 0.1) is 15.7 Å². The Kier molecular flexibility index (Phi) is 6.79. The number of carbonyl (C=O) groups excluding carboxylic acids is 1. The van der Waals surface area contributed by atoms with Crippen molar-refractivity contribution in [1.29, 1.82) is 0 Å². The van der Waals surface area contributed by atoms with Gasteiger partial charge in [-0.3, -0.25) is 4.79 Å². The molecule has 2 aromatic carbocycles. The molecule has 3 rings (SSSR count). The van der Waals surface area contributed by atoms with Crippen molar-refractivity contribution in [2.75, 3.05) is 23.7 Å². The molecule has 9 heteroatoms. The molecule has 29 heavy (non-hydrogen) atoms. The summed E-state index contributed by atoms with van der Waals surface area (Å²) in [5.41, 5.74) is 7.61. The molecule has 1 saturated heterocycles. The normalized spacial score (nSPS) is 17.4. The Labute approximate surface area is 183 Å². The Morgan fingerprint density at radius 2 is 2.00 bits per heavy atom. The Balaban J connectivity index is 1.94. The summed E-state index contributed by atoms with van der Waals surface area (Å²) in [5, 5.41) is 10.3. The lowest BCUT2D eigenvalue weighted by Gasteiger charge is -2.32. The van der Waals surface area contributed by atoms with E-state index in [9.17, 15) is 14.3 Å². The SMILES string of the molecule is CC(O)C(=O)N1CC[C@H](N(Cc2cc(F)c(Cl)cc2Cl)c2ccc(N)c(Cl)c2)C1. The number of hydrogen-bond donors (Lipinski definition) is 2. The van der Waals surface area contributed by atoms with Gasteiger partial charge in [0.1, 0.15) is 11.9 Å². The first kappa shape index (κ1) is 22.0. The van der Waals surface area contributed by atoms with Crippen LogP contribution in [0.2, 0.25) is 15.1 Å². The molecule has 2 aromatic rings. The van der Waals surface area contributed by atoms with Gasteiger partial charge in [0, 0.05) is 36.4 Å². The quantitative estimate of drug-likeness (QED) is 0.514. The van der Waals surface area contributed by atoms with Crippen molar-refractivity contribution >= 4 is 52.1 Å². The minimum absolute atomic E-state index is 0.0459. The van der Waals surface area contributed by atoms with E-state index < -0.39 is 11.9 Å². The Morgan fingerprint density at radius 3 is 2.66 bits per heavy atom. The summed E-state index contributed by atoms with van der Waals surface area (Å²) in [5.74, 6) is -0.878. The number of benzene rings is 2. The van der Waals surface area contributed by atoms with E-state index in [0.29, 0.717) is 40.8 Å². The highest BCUT2D eigenvalue weighted by molar-refractivity contribution is 6.35. The van der Waals surface area contributed by atoms with Gasteiger partial charge in [0.15, 0.2) is 0 Å². The van der Waals surface area contributed by atoms with Gasteiger partial charge in [0.25, 0.3) is 5.91 Å². The standard InChI is InChI=1S/C20H21Cl3FN3O2/c1-11(28)20(29)26-5-4-14(10-26)27(13-2-3-19(25)17(23)7-13)9-12-6-18(24)16(22)8-15(12)21/h2-3,6-8,11,14,28H,4-5,9-10,25H2,1H3/t11?,14-/m0/s1. The van der Waals surface area contributed by atoms with Crippen LogP contribution in [-0.4, -0.2) is 41.1 Å². The maximum atomic E-state index is 14.0. The summed E-state index contributed by atoms with van der Waals surface area (Å²) in [6, 6.07) is 7.86. The van der Waals surface area contributed by atoms with Crippen molar-refractivity contribution in [3.05, 3.63) is 56.8 Å². The van der Waals surface area contributed by atoms with Gasteiger partial charge in [-0.05, 0) is 49.2 Å². The third-order valence-corrected chi connectivity index (χ3v) is 5.99. The van der Waals surface area contributed by atoms with Crippen LogP contribution in [0.1, 0.15) is 18.9 Å². The van der Waals surface area contributed by atoms with Crippen LogP contribution in [0.25, 0.3) is 0 Å². The maximum Gasteiger partial charge on any atom is 0.251 e. The van der Waals surface area contributed by atoms with Crippen molar-refractivity contribution in [3.63, 3.8) is 0 Å². The average Bonchev–Trinajstić information content (AvgIpc) is 3.15. The number of anilines is 2. The summed E-state index contributed by atoms with van der Waals surface area (Å²) in [4.78, 5) is 15.8. The van der Waals surface area contributed by atoms with E-state index in [2.05, 4.69) is 0 Å². The molecule has 1 heterocycles. The van der Waals surface area contributed by atoms with E-state index >= 15 is 0 Å². The Bertz CT molecular complexity index is 926. The third kappa shape index (κ3) is 4.89. The Hall–Kier alpha value is -1.73. The number of rotatable bonds is 5. The molecule has 1 aliphatic rings. The van der Waals surface area contributed by atoms with Crippen LogP contribution in [0, 0.1) is 5.82 Å². The van der Waals surface area contributed by atoms with E-state index in [4.69, 9.17) is 40.5 Å². The molecule has 1 unspecified atom stereocenters. The molecule has 0 radical (unpaired) electrons. The zero-order valence-corrected chi connectivity index (χ0v) is 18.0. The molecule has 3 N–H and O–H groups in total.